The summed E-state index contributed by atoms with van der Waals surface area (Å²) < 4.78 is 16.6. The zero-order valence-corrected chi connectivity index (χ0v) is 10.4. The number of alkyl halides is 1. The predicted octanol–water partition coefficient (Wildman–Crippen LogP) is 1.66. The molecule has 0 saturated carbocycles. The van der Waals surface area contributed by atoms with Crippen LogP contribution in [-0.4, -0.2) is 21.3 Å². The molecule has 1 heterocycles. The van der Waals surface area contributed by atoms with Crippen molar-refractivity contribution < 1.29 is 4.39 Å². The smallest absolute Gasteiger partial charge is 0.155 e. The predicted molar refractivity (Wildman–Crippen MR) is 67.7 cm³/mol. The van der Waals surface area contributed by atoms with Crippen LogP contribution in [0.3, 0.4) is 0 Å². The first-order valence-corrected chi connectivity index (χ1v) is 6.01. The van der Waals surface area contributed by atoms with Crippen molar-refractivity contribution in [1.29, 1.82) is 0 Å². The van der Waals surface area contributed by atoms with Crippen molar-refractivity contribution in [3.63, 3.8) is 0 Å². The molecular formula is C13H17FN4. The standard InChI is InChI=1S/C13H17FN4/c1-2-18-12(16-10-17-18)8-13(14,9-15)11-6-4-3-5-7-11/h3-7,10H,2,8-9,15H2,1H3. The van der Waals surface area contributed by atoms with E-state index in [1.54, 1.807) is 16.8 Å². The minimum Gasteiger partial charge on any atom is -0.327 e. The molecule has 2 N–H and O–H groups in total. The minimum atomic E-state index is -1.60. The lowest BCUT2D eigenvalue weighted by Crippen LogP contribution is -2.33. The maximum Gasteiger partial charge on any atom is 0.155 e. The number of nitrogens with two attached hydrogens (primary N) is 1. The zero-order chi connectivity index (χ0) is 13.0. The van der Waals surface area contributed by atoms with Gasteiger partial charge in [-0.25, -0.2) is 9.37 Å². The fraction of sp³-hybridized carbons (Fsp3) is 0.385. The van der Waals surface area contributed by atoms with E-state index in [2.05, 4.69) is 10.1 Å². The average molecular weight is 248 g/mol. The first-order valence-electron chi connectivity index (χ1n) is 6.01. The fourth-order valence-corrected chi connectivity index (χ4v) is 1.97. The number of halogens is 1. The van der Waals surface area contributed by atoms with Crippen molar-refractivity contribution in [1.82, 2.24) is 14.8 Å². The molecule has 1 unspecified atom stereocenters. The Morgan fingerprint density at radius 1 is 1.33 bits per heavy atom. The highest BCUT2D eigenvalue weighted by molar-refractivity contribution is 5.24. The van der Waals surface area contributed by atoms with E-state index in [9.17, 15) is 4.39 Å². The number of nitrogens with zero attached hydrogens (tertiary/aromatic N) is 3. The summed E-state index contributed by atoms with van der Waals surface area (Å²) in [5, 5.41) is 4.04. The van der Waals surface area contributed by atoms with Crippen LogP contribution in [0.5, 0.6) is 0 Å². The molecule has 1 aromatic heterocycles. The van der Waals surface area contributed by atoms with E-state index in [4.69, 9.17) is 5.73 Å². The van der Waals surface area contributed by atoms with Gasteiger partial charge in [-0.05, 0) is 12.5 Å². The van der Waals surface area contributed by atoms with Gasteiger partial charge in [-0.3, -0.25) is 4.68 Å². The maximum atomic E-state index is 14.9. The lowest BCUT2D eigenvalue weighted by Gasteiger charge is -2.23. The Morgan fingerprint density at radius 3 is 2.67 bits per heavy atom. The maximum absolute atomic E-state index is 14.9. The van der Waals surface area contributed by atoms with Crippen LogP contribution in [-0.2, 0) is 18.6 Å². The molecule has 0 spiro atoms. The third kappa shape index (κ3) is 2.41. The van der Waals surface area contributed by atoms with Crippen LogP contribution in [0.2, 0.25) is 0 Å². The molecule has 96 valence electrons. The Morgan fingerprint density at radius 2 is 2.06 bits per heavy atom. The first-order chi connectivity index (χ1) is 8.69. The average Bonchev–Trinajstić information content (AvgIpc) is 2.86. The van der Waals surface area contributed by atoms with Crippen molar-refractivity contribution in [3.05, 3.63) is 48.0 Å². The Hall–Kier alpha value is -1.75. The summed E-state index contributed by atoms with van der Waals surface area (Å²) >= 11 is 0. The molecule has 0 aliphatic rings. The second kappa shape index (κ2) is 5.27. The SMILES string of the molecule is CCn1ncnc1CC(F)(CN)c1ccccc1. The van der Waals surface area contributed by atoms with Gasteiger partial charge in [0.05, 0.1) is 0 Å². The molecule has 0 fully saturated rings. The highest BCUT2D eigenvalue weighted by Crippen LogP contribution is 2.28. The lowest BCUT2D eigenvalue weighted by atomic mass is 9.92. The van der Waals surface area contributed by atoms with Crippen LogP contribution < -0.4 is 5.73 Å². The molecule has 0 saturated heterocycles. The van der Waals surface area contributed by atoms with E-state index in [1.807, 2.05) is 25.1 Å². The van der Waals surface area contributed by atoms with Gasteiger partial charge >= 0.3 is 0 Å². The summed E-state index contributed by atoms with van der Waals surface area (Å²) in [6, 6.07) is 8.97. The summed E-state index contributed by atoms with van der Waals surface area (Å²) in [6.45, 7) is 2.54. The van der Waals surface area contributed by atoms with E-state index >= 15 is 0 Å². The van der Waals surface area contributed by atoms with Crippen molar-refractivity contribution in [2.45, 2.75) is 25.6 Å². The molecule has 1 aromatic carbocycles. The fourth-order valence-electron chi connectivity index (χ4n) is 1.97. The van der Waals surface area contributed by atoms with Gasteiger partial charge in [0.1, 0.15) is 12.2 Å². The monoisotopic (exact) mass is 248 g/mol. The number of hydrogen-bond donors (Lipinski definition) is 1. The summed E-state index contributed by atoms with van der Waals surface area (Å²) in [5.74, 6) is 0.620. The molecule has 0 aliphatic heterocycles. The number of benzene rings is 1. The van der Waals surface area contributed by atoms with Crippen LogP contribution in [0.25, 0.3) is 0 Å². The van der Waals surface area contributed by atoms with Gasteiger partial charge in [-0.2, -0.15) is 5.10 Å². The Balaban J connectivity index is 2.29. The van der Waals surface area contributed by atoms with Crippen molar-refractivity contribution in [2.24, 2.45) is 5.73 Å². The van der Waals surface area contributed by atoms with Crippen LogP contribution in [0, 0.1) is 0 Å². The van der Waals surface area contributed by atoms with Crippen LogP contribution in [0.15, 0.2) is 36.7 Å². The summed E-state index contributed by atoms with van der Waals surface area (Å²) in [5.41, 5.74) is 4.60. The normalized spacial score (nSPS) is 14.4. The van der Waals surface area contributed by atoms with Gasteiger partial charge in [0, 0.05) is 19.5 Å². The molecule has 2 rings (SSSR count). The third-order valence-electron chi connectivity index (χ3n) is 3.05. The molecule has 0 aliphatic carbocycles. The second-order valence-electron chi connectivity index (χ2n) is 4.20. The van der Waals surface area contributed by atoms with E-state index < -0.39 is 5.67 Å². The van der Waals surface area contributed by atoms with E-state index in [0.717, 1.165) is 0 Å². The van der Waals surface area contributed by atoms with E-state index in [1.165, 1.54) is 6.33 Å². The highest BCUT2D eigenvalue weighted by atomic mass is 19.1. The second-order valence-corrected chi connectivity index (χ2v) is 4.20. The summed E-state index contributed by atoms with van der Waals surface area (Å²) in [6.07, 6.45) is 1.59. The van der Waals surface area contributed by atoms with Gasteiger partial charge in [-0.15, -0.1) is 0 Å². The minimum absolute atomic E-state index is 0.0758. The Labute approximate surface area is 106 Å². The van der Waals surface area contributed by atoms with Crippen LogP contribution >= 0.6 is 0 Å². The molecule has 2 aromatic rings. The van der Waals surface area contributed by atoms with E-state index in [0.29, 0.717) is 17.9 Å². The molecule has 4 nitrogen and oxygen atoms in total. The quantitative estimate of drug-likeness (QED) is 0.875. The molecule has 18 heavy (non-hydrogen) atoms. The molecule has 1 atom stereocenters. The zero-order valence-electron chi connectivity index (χ0n) is 10.4. The number of rotatable bonds is 5. The molecule has 0 radical (unpaired) electrons. The van der Waals surface area contributed by atoms with Gasteiger partial charge in [0.15, 0.2) is 5.67 Å². The van der Waals surface area contributed by atoms with Crippen LogP contribution in [0.4, 0.5) is 4.39 Å². The van der Waals surface area contributed by atoms with Crippen LogP contribution in [0.1, 0.15) is 18.3 Å². The summed E-state index contributed by atoms with van der Waals surface area (Å²) in [7, 11) is 0. The number of aryl methyl sites for hydroxylation is 1. The largest absolute Gasteiger partial charge is 0.327 e. The lowest BCUT2D eigenvalue weighted by molar-refractivity contribution is 0.169. The first kappa shape index (κ1) is 12.7. The van der Waals surface area contributed by atoms with Gasteiger partial charge < -0.3 is 5.73 Å². The van der Waals surface area contributed by atoms with Gasteiger partial charge in [0.2, 0.25) is 0 Å². The Bertz CT molecular complexity index is 497. The van der Waals surface area contributed by atoms with Gasteiger partial charge in [-0.1, -0.05) is 30.3 Å². The molecule has 5 heteroatoms. The van der Waals surface area contributed by atoms with Crippen molar-refractivity contribution in [3.8, 4) is 0 Å². The Kier molecular flexibility index (Phi) is 3.72. The molecule has 0 amide bonds. The third-order valence-corrected chi connectivity index (χ3v) is 3.05. The number of aromatic nitrogens is 3. The van der Waals surface area contributed by atoms with Gasteiger partial charge in [0.25, 0.3) is 0 Å². The molecule has 0 bridgehead atoms. The highest BCUT2D eigenvalue weighted by Gasteiger charge is 2.32. The summed E-state index contributed by atoms with van der Waals surface area (Å²) in [4.78, 5) is 4.10. The topological polar surface area (TPSA) is 56.7 Å². The number of hydrogen-bond acceptors (Lipinski definition) is 3. The molecular weight excluding hydrogens is 231 g/mol. The van der Waals surface area contributed by atoms with E-state index in [-0.39, 0.29) is 13.0 Å². The van der Waals surface area contributed by atoms with Crippen molar-refractivity contribution in [2.75, 3.05) is 6.54 Å². The van der Waals surface area contributed by atoms with Crippen molar-refractivity contribution >= 4 is 0 Å².